The molecule has 31 heavy (non-hydrogen) atoms. The maximum Gasteiger partial charge on any atom is 0.419 e. The van der Waals surface area contributed by atoms with Gasteiger partial charge >= 0.3 is 6.09 Å². The van der Waals surface area contributed by atoms with Crippen LogP contribution in [0.2, 0.25) is 0 Å². The van der Waals surface area contributed by atoms with Crippen molar-refractivity contribution in [2.45, 2.75) is 42.9 Å². The number of Topliss-reactive ketones (excluding diaryl/α,β-unsaturated/α-hetero) is 1. The van der Waals surface area contributed by atoms with Gasteiger partial charge in [0.1, 0.15) is 0 Å². The number of halogens is 1. The average Bonchev–Trinajstić information content (AvgIpc) is 2.73. The van der Waals surface area contributed by atoms with Crippen LogP contribution in [0.1, 0.15) is 43.5 Å². The lowest BCUT2D eigenvalue weighted by Gasteiger charge is -2.31. The summed E-state index contributed by atoms with van der Waals surface area (Å²) < 4.78 is 5.69. The van der Waals surface area contributed by atoms with Crippen LogP contribution in [-0.4, -0.2) is 44.0 Å². The van der Waals surface area contributed by atoms with E-state index in [1.54, 1.807) is 16.7 Å². The van der Waals surface area contributed by atoms with Gasteiger partial charge in [-0.05, 0) is 44.8 Å². The van der Waals surface area contributed by atoms with Crippen molar-refractivity contribution in [1.29, 1.82) is 0 Å². The fourth-order valence-corrected chi connectivity index (χ4v) is 4.60. The van der Waals surface area contributed by atoms with E-state index in [-0.39, 0.29) is 24.1 Å². The molecule has 0 radical (unpaired) electrons. The minimum Gasteiger partial charge on any atom is -0.449 e. The Bertz CT molecular complexity index is 919. The molecule has 1 aliphatic heterocycles. The molecule has 2 aromatic rings. The van der Waals surface area contributed by atoms with Gasteiger partial charge in [0.25, 0.3) is 0 Å². The normalized spacial score (nSPS) is 13.1. The minimum absolute atomic E-state index is 0. The van der Waals surface area contributed by atoms with Crippen LogP contribution in [-0.2, 0) is 4.74 Å². The highest BCUT2D eigenvalue weighted by Gasteiger charge is 2.30. The highest BCUT2D eigenvalue weighted by Crippen LogP contribution is 2.48. The largest absolute Gasteiger partial charge is 0.449 e. The second kappa shape index (κ2) is 11.6. The molecule has 0 aliphatic carbocycles. The zero-order valence-corrected chi connectivity index (χ0v) is 20.2. The van der Waals surface area contributed by atoms with E-state index >= 15 is 0 Å². The Morgan fingerprint density at radius 1 is 1.10 bits per heavy atom. The van der Waals surface area contributed by atoms with Crippen LogP contribution in [0, 0.1) is 5.92 Å². The van der Waals surface area contributed by atoms with Gasteiger partial charge in [-0.15, -0.1) is 12.4 Å². The van der Waals surface area contributed by atoms with E-state index in [1.165, 1.54) is 0 Å². The molecule has 5 nitrogen and oxygen atoms in total. The van der Waals surface area contributed by atoms with Crippen LogP contribution in [0.3, 0.4) is 0 Å². The van der Waals surface area contributed by atoms with Crippen molar-refractivity contribution >= 4 is 47.4 Å². The van der Waals surface area contributed by atoms with Crippen molar-refractivity contribution < 1.29 is 14.3 Å². The number of hydrogen-bond donors (Lipinski definition) is 0. The van der Waals surface area contributed by atoms with Gasteiger partial charge in [0.05, 0.1) is 18.0 Å². The van der Waals surface area contributed by atoms with Crippen molar-refractivity contribution in [2.75, 3.05) is 32.1 Å². The first-order valence-corrected chi connectivity index (χ1v) is 11.3. The number of ketones is 1. The van der Waals surface area contributed by atoms with Crippen molar-refractivity contribution in [3.05, 3.63) is 48.0 Å². The lowest BCUT2D eigenvalue weighted by molar-refractivity contribution is 0.0979. The molecule has 2 aromatic carbocycles. The molecule has 7 heteroatoms. The number of benzene rings is 2. The lowest BCUT2D eigenvalue weighted by atomic mass is 10.0. The molecule has 0 bridgehead atoms. The van der Waals surface area contributed by atoms with Gasteiger partial charge in [0.15, 0.2) is 5.78 Å². The fraction of sp³-hybridized carbons (Fsp3) is 0.417. The Kier molecular flexibility index (Phi) is 9.41. The quantitative estimate of drug-likeness (QED) is 0.423. The van der Waals surface area contributed by atoms with E-state index in [0.717, 1.165) is 34.9 Å². The summed E-state index contributed by atoms with van der Waals surface area (Å²) in [4.78, 5) is 31.4. The number of carbonyl (C=O) groups is 2. The highest BCUT2D eigenvalue weighted by molar-refractivity contribution is 7.99. The topological polar surface area (TPSA) is 49.9 Å². The molecule has 3 rings (SSSR count). The van der Waals surface area contributed by atoms with Gasteiger partial charge in [-0.3, -0.25) is 4.79 Å². The number of nitrogens with zero attached hydrogens (tertiary/aromatic N) is 2. The third-order valence-corrected chi connectivity index (χ3v) is 6.09. The Labute approximate surface area is 195 Å². The number of anilines is 2. The Morgan fingerprint density at radius 2 is 1.81 bits per heavy atom. The van der Waals surface area contributed by atoms with E-state index in [0.29, 0.717) is 24.3 Å². The molecular weight excluding hydrogens is 432 g/mol. The summed E-state index contributed by atoms with van der Waals surface area (Å²) in [6, 6.07) is 13.4. The number of carbonyl (C=O) groups excluding carboxylic acids is 2. The van der Waals surface area contributed by atoms with Crippen LogP contribution < -0.4 is 4.90 Å². The number of hydrogen-bond acceptors (Lipinski definition) is 5. The van der Waals surface area contributed by atoms with E-state index in [4.69, 9.17) is 4.74 Å². The standard InChI is InChI=1S/C24H30N2O3S.ClH/c1-5-6-10-21(27)18-12-13-23-20(14-18)26(19-9-7-8-11-22(19)30-23)24(28)29-16-17(2)15-25(3)4;/h7-9,11-14,17H,5-6,10,15-16H2,1-4H3;1H. The summed E-state index contributed by atoms with van der Waals surface area (Å²) in [6.45, 7) is 5.31. The smallest absolute Gasteiger partial charge is 0.419 e. The SMILES string of the molecule is CCCCC(=O)c1ccc2c(c1)N(C(=O)OCC(C)CN(C)C)c1ccccc1S2.Cl. The maximum atomic E-state index is 13.2. The summed E-state index contributed by atoms with van der Waals surface area (Å²) in [6.07, 6.45) is 1.95. The Hall–Kier alpha value is -2.02. The van der Waals surface area contributed by atoms with E-state index in [2.05, 4.69) is 18.7 Å². The average molecular weight is 463 g/mol. The molecule has 1 unspecified atom stereocenters. The fourth-order valence-electron chi connectivity index (χ4n) is 3.56. The molecule has 0 N–H and O–H groups in total. The molecule has 0 saturated carbocycles. The molecule has 168 valence electrons. The minimum atomic E-state index is -0.409. The van der Waals surface area contributed by atoms with E-state index in [9.17, 15) is 9.59 Å². The Balaban J connectivity index is 0.00000341. The van der Waals surface area contributed by atoms with Gasteiger partial charge in [-0.1, -0.05) is 50.2 Å². The van der Waals surface area contributed by atoms with Crippen LogP contribution in [0.25, 0.3) is 0 Å². The number of rotatable bonds is 8. The van der Waals surface area contributed by atoms with Gasteiger partial charge in [-0.2, -0.15) is 0 Å². The number of unbranched alkanes of at least 4 members (excludes halogenated alkanes) is 1. The van der Waals surface area contributed by atoms with Crippen molar-refractivity contribution in [2.24, 2.45) is 5.92 Å². The number of ether oxygens (including phenoxy) is 1. The van der Waals surface area contributed by atoms with E-state index < -0.39 is 6.09 Å². The van der Waals surface area contributed by atoms with Crippen molar-refractivity contribution in [3.8, 4) is 0 Å². The zero-order valence-electron chi connectivity index (χ0n) is 18.6. The predicted molar refractivity (Wildman–Crippen MR) is 129 cm³/mol. The molecule has 0 spiro atoms. The second-order valence-electron chi connectivity index (χ2n) is 8.06. The van der Waals surface area contributed by atoms with Crippen LogP contribution >= 0.6 is 24.2 Å². The van der Waals surface area contributed by atoms with Gasteiger partial charge in [0, 0.05) is 34.2 Å². The van der Waals surface area contributed by atoms with Crippen LogP contribution in [0.4, 0.5) is 16.2 Å². The highest BCUT2D eigenvalue weighted by atomic mass is 35.5. The maximum absolute atomic E-state index is 13.2. The summed E-state index contributed by atoms with van der Waals surface area (Å²) >= 11 is 1.61. The third-order valence-electron chi connectivity index (χ3n) is 4.96. The van der Waals surface area contributed by atoms with E-state index in [1.807, 2.05) is 56.6 Å². The predicted octanol–water partition coefficient (Wildman–Crippen LogP) is 6.42. The summed E-state index contributed by atoms with van der Waals surface area (Å²) in [5.74, 6) is 0.330. The monoisotopic (exact) mass is 462 g/mol. The van der Waals surface area contributed by atoms with Crippen molar-refractivity contribution in [1.82, 2.24) is 4.90 Å². The molecule has 0 aromatic heterocycles. The van der Waals surface area contributed by atoms with Gasteiger partial charge in [-0.25, -0.2) is 9.69 Å². The molecule has 0 fully saturated rings. The molecular formula is C24H31ClN2O3S. The summed E-state index contributed by atoms with van der Waals surface area (Å²) in [5.41, 5.74) is 2.14. The second-order valence-corrected chi connectivity index (χ2v) is 9.14. The third kappa shape index (κ3) is 6.25. The summed E-state index contributed by atoms with van der Waals surface area (Å²) in [5, 5.41) is 0. The molecule has 0 saturated heterocycles. The van der Waals surface area contributed by atoms with Crippen LogP contribution in [0.15, 0.2) is 52.3 Å². The molecule has 1 amide bonds. The summed E-state index contributed by atoms with van der Waals surface area (Å²) in [7, 11) is 4.01. The van der Waals surface area contributed by atoms with Gasteiger partial charge in [0.2, 0.25) is 0 Å². The first kappa shape index (κ1) is 25.2. The Morgan fingerprint density at radius 3 is 2.52 bits per heavy atom. The van der Waals surface area contributed by atoms with Gasteiger partial charge < -0.3 is 9.64 Å². The molecule has 1 aliphatic rings. The lowest BCUT2D eigenvalue weighted by Crippen LogP contribution is -2.32. The first-order chi connectivity index (χ1) is 14.4. The number of fused-ring (bicyclic) bond motifs is 2. The zero-order chi connectivity index (χ0) is 21.7. The van der Waals surface area contributed by atoms with Crippen molar-refractivity contribution in [3.63, 3.8) is 0 Å². The number of amides is 1. The molecule has 1 heterocycles. The first-order valence-electron chi connectivity index (χ1n) is 10.5. The number of para-hydroxylation sites is 1. The van der Waals surface area contributed by atoms with Crippen LogP contribution in [0.5, 0.6) is 0 Å². The molecule has 1 atom stereocenters.